The molecule has 0 saturated heterocycles. The first kappa shape index (κ1) is 17.3. The minimum Gasteiger partial charge on any atom is -0.353 e. The molecule has 1 unspecified atom stereocenters. The second-order valence-electron chi connectivity index (χ2n) is 6.69. The lowest BCUT2D eigenvalue weighted by Crippen LogP contribution is -2.37. The van der Waals surface area contributed by atoms with Crippen LogP contribution in [0.25, 0.3) is 0 Å². The summed E-state index contributed by atoms with van der Waals surface area (Å²) in [6, 6.07) is 10.4. The van der Waals surface area contributed by atoms with Crippen molar-refractivity contribution < 1.29 is 4.79 Å². The van der Waals surface area contributed by atoms with E-state index in [1.54, 1.807) is 11.8 Å². The maximum Gasteiger partial charge on any atom is 0.238 e. The van der Waals surface area contributed by atoms with Crippen LogP contribution in [0, 0.1) is 0 Å². The molecule has 1 aromatic rings. The van der Waals surface area contributed by atoms with E-state index in [0.29, 0.717) is 6.04 Å². The van der Waals surface area contributed by atoms with Crippen molar-refractivity contribution in [1.82, 2.24) is 10.2 Å². The summed E-state index contributed by atoms with van der Waals surface area (Å²) in [6.45, 7) is 1.76. The molecule has 1 atom stereocenters. The Kier molecular flexibility index (Phi) is 6.18. The molecule has 1 heterocycles. The largest absolute Gasteiger partial charge is 0.353 e. The van der Waals surface area contributed by atoms with Gasteiger partial charge in [-0.25, -0.2) is 0 Å². The summed E-state index contributed by atoms with van der Waals surface area (Å²) < 4.78 is 0. The highest BCUT2D eigenvalue weighted by atomic mass is 32.2. The summed E-state index contributed by atoms with van der Waals surface area (Å²) in [4.78, 5) is 19.7. The normalized spacial score (nSPS) is 20.4. The molecule has 1 N–H and O–H groups in total. The van der Waals surface area contributed by atoms with Gasteiger partial charge in [0, 0.05) is 19.6 Å². The second-order valence-corrected chi connectivity index (χ2v) is 7.76. The van der Waals surface area contributed by atoms with Crippen LogP contribution in [0.4, 0.5) is 0 Å². The Labute approximate surface area is 149 Å². The molecule has 0 aromatic heterocycles. The second kappa shape index (κ2) is 8.56. The standard InChI is InChI=1S/C19H27N3OS/c1-22-14-13-20-19(22)24-17(15-9-5-4-6-10-15)18(23)21-16-11-7-2-3-8-12-16/h4-6,9-10,16-17H,2-3,7-8,11-14H2,1H3,(H,21,23). The first-order chi connectivity index (χ1) is 11.7. The van der Waals surface area contributed by atoms with Gasteiger partial charge >= 0.3 is 0 Å². The molecule has 4 nitrogen and oxygen atoms in total. The number of benzene rings is 1. The van der Waals surface area contributed by atoms with E-state index in [9.17, 15) is 4.79 Å². The fourth-order valence-corrected chi connectivity index (χ4v) is 4.46. The van der Waals surface area contributed by atoms with Crippen LogP contribution in [0.5, 0.6) is 0 Å². The number of aliphatic imine (C=N–C) groups is 1. The predicted molar refractivity (Wildman–Crippen MR) is 101 cm³/mol. The molecule has 1 amide bonds. The third kappa shape index (κ3) is 4.53. The highest BCUT2D eigenvalue weighted by Crippen LogP contribution is 2.32. The number of hydrogen-bond donors (Lipinski definition) is 1. The van der Waals surface area contributed by atoms with E-state index in [-0.39, 0.29) is 11.2 Å². The maximum atomic E-state index is 13.0. The Morgan fingerprint density at radius 3 is 2.54 bits per heavy atom. The maximum absolute atomic E-state index is 13.0. The number of likely N-dealkylation sites (N-methyl/N-ethyl adjacent to an activating group) is 1. The van der Waals surface area contributed by atoms with Crippen LogP contribution in [0.2, 0.25) is 0 Å². The van der Waals surface area contributed by atoms with Crippen molar-refractivity contribution in [2.24, 2.45) is 4.99 Å². The minimum absolute atomic E-state index is 0.126. The topological polar surface area (TPSA) is 44.7 Å². The van der Waals surface area contributed by atoms with Crippen molar-refractivity contribution >= 4 is 22.8 Å². The van der Waals surface area contributed by atoms with E-state index in [0.717, 1.165) is 36.7 Å². The highest BCUT2D eigenvalue weighted by Gasteiger charge is 2.28. The minimum atomic E-state index is -0.228. The lowest BCUT2D eigenvalue weighted by Gasteiger charge is -2.23. The number of carbonyl (C=O) groups excluding carboxylic acids is 1. The van der Waals surface area contributed by atoms with Gasteiger partial charge in [-0.05, 0) is 18.4 Å². The van der Waals surface area contributed by atoms with Gasteiger partial charge in [-0.1, -0.05) is 67.8 Å². The zero-order chi connectivity index (χ0) is 16.8. The van der Waals surface area contributed by atoms with E-state index in [4.69, 9.17) is 0 Å². The Morgan fingerprint density at radius 2 is 1.92 bits per heavy atom. The third-order valence-electron chi connectivity index (χ3n) is 4.77. The van der Waals surface area contributed by atoms with Gasteiger partial charge in [-0.15, -0.1) is 0 Å². The molecule has 1 aliphatic heterocycles. The number of rotatable bonds is 4. The number of thioether (sulfide) groups is 1. The van der Waals surface area contributed by atoms with Crippen LogP contribution in [-0.4, -0.2) is 42.2 Å². The molecule has 0 radical (unpaired) electrons. The molecule has 1 saturated carbocycles. The van der Waals surface area contributed by atoms with Gasteiger partial charge in [0.2, 0.25) is 5.91 Å². The lowest BCUT2D eigenvalue weighted by atomic mass is 10.1. The van der Waals surface area contributed by atoms with Gasteiger partial charge in [0.15, 0.2) is 5.17 Å². The van der Waals surface area contributed by atoms with Crippen LogP contribution in [0.1, 0.15) is 49.3 Å². The lowest BCUT2D eigenvalue weighted by molar-refractivity contribution is -0.121. The Bertz CT molecular complexity index is 567. The Balaban J connectivity index is 1.72. The van der Waals surface area contributed by atoms with E-state index < -0.39 is 0 Å². The zero-order valence-corrected chi connectivity index (χ0v) is 15.2. The van der Waals surface area contributed by atoms with E-state index in [2.05, 4.69) is 15.2 Å². The van der Waals surface area contributed by atoms with E-state index in [1.807, 2.05) is 37.4 Å². The van der Waals surface area contributed by atoms with Crippen LogP contribution >= 0.6 is 11.8 Å². The highest BCUT2D eigenvalue weighted by molar-refractivity contribution is 8.14. The summed E-state index contributed by atoms with van der Waals surface area (Å²) >= 11 is 1.58. The molecule has 1 aliphatic carbocycles. The summed E-state index contributed by atoms with van der Waals surface area (Å²) in [5, 5.41) is 4.06. The summed E-state index contributed by atoms with van der Waals surface area (Å²) in [5.74, 6) is 0.126. The fourth-order valence-electron chi connectivity index (χ4n) is 3.35. The summed E-state index contributed by atoms with van der Waals surface area (Å²) in [6.07, 6.45) is 7.26. The quantitative estimate of drug-likeness (QED) is 0.848. The number of nitrogens with one attached hydrogen (secondary N) is 1. The molecule has 1 fully saturated rings. The van der Waals surface area contributed by atoms with Crippen molar-refractivity contribution in [1.29, 1.82) is 0 Å². The molecular weight excluding hydrogens is 318 g/mol. The number of amidine groups is 1. The molecule has 3 rings (SSSR count). The van der Waals surface area contributed by atoms with Crippen molar-refractivity contribution in [2.75, 3.05) is 20.1 Å². The van der Waals surface area contributed by atoms with Crippen molar-refractivity contribution in [3.63, 3.8) is 0 Å². The first-order valence-corrected chi connectivity index (χ1v) is 9.89. The molecular formula is C19H27N3OS. The molecule has 0 spiro atoms. The summed E-state index contributed by atoms with van der Waals surface area (Å²) in [5.41, 5.74) is 1.05. The van der Waals surface area contributed by atoms with Crippen molar-refractivity contribution in [2.45, 2.75) is 49.8 Å². The molecule has 5 heteroatoms. The van der Waals surface area contributed by atoms with Gasteiger partial charge in [0.05, 0.1) is 6.54 Å². The van der Waals surface area contributed by atoms with Gasteiger partial charge in [-0.3, -0.25) is 9.79 Å². The average Bonchev–Trinajstić information content (AvgIpc) is 2.84. The monoisotopic (exact) mass is 345 g/mol. The smallest absolute Gasteiger partial charge is 0.238 e. The van der Waals surface area contributed by atoms with Crippen LogP contribution < -0.4 is 5.32 Å². The predicted octanol–water partition coefficient (Wildman–Crippen LogP) is 3.60. The average molecular weight is 346 g/mol. The van der Waals surface area contributed by atoms with Crippen molar-refractivity contribution in [3.05, 3.63) is 35.9 Å². The molecule has 130 valence electrons. The first-order valence-electron chi connectivity index (χ1n) is 9.01. The van der Waals surface area contributed by atoms with Gasteiger partial charge in [-0.2, -0.15) is 0 Å². The Hall–Kier alpha value is -1.49. The number of hydrogen-bond acceptors (Lipinski definition) is 4. The van der Waals surface area contributed by atoms with Crippen LogP contribution in [-0.2, 0) is 4.79 Å². The Morgan fingerprint density at radius 1 is 1.21 bits per heavy atom. The van der Waals surface area contributed by atoms with Crippen LogP contribution in [0.3, 0.4) is 0 Å². The van der Waals surface area contributed by atoms with E-state index in [1.165, 1.54) is 25.7 Å². The third-order valence-corrected chi connectivity index (χ3v) is 6.15. The van der Waals surface area contributed by atoms with Crippen molar-refractivity contribution in [3.8, 4) is 0 Å². The van der Waals surface area contributed by atoms with Gasteiger partial charge in [0.25, 0.3) is 0 Å². The molecule has 2 aliphatic rings. The van der Waals surface area contributed by atoms with E-state index >= 15 is 0 Å². The zero-order valence-electron chi connectivity index (χ0n) is 14.4. The van der Waals surface area contributed by atoms with Gasteiger partial charge in [0.1, 0.15) is 5.25 Å². The number of amides is 1. The SMILES string of the molecule is CN1CCN=C1SC(C(=O)NC1CCCCCC1)c1ccccc1. The molecule has 24 heavy (non-hydrogen) atoms. The number of nitrogens with zero attached hydrogens (tertiary/aromatic N) is 2. The van der Waals surface area contributed by atoms with Gasteiger partial charge < -0.3 is 10.2 Å². The molecule has 1 aromatic carbocycles. The summed E-state index contributed by atoms with van der Waals surface area (Å²) in [7, 11) is 2.05. The van der Waals surface area contributed by atoms with Crippen LogP contribution in [0.15, 0.2) is 35.3 Å². The fraction of sp³-hybridized carbons (Fsp3) is 0.579. The number of carbonyl (C=O) groups is 1. The molecule has 0 bridgehead atoms.